The molecule has 0 saturated heterocycles. The first kappa shape index (κ1) is 11.3. The van der Waals surface area contributed by atoms with Crippen molar-refractivity contribution < 1.29 is 9.90 Å². The van der Waals surface area contributed by atoms with Crippen molar-refractivity contribution >= 4 is 23.5 Å². The van der Waals surface area contributed by atoms with Gasteiger partial charge in [-0.2, -0.15) is 11.8 Å². The van der Waals surface area contributed by atoms with Gasteiger partial charge in [0.05, 0.1) is 5.69 Å². The molecule has 86 valence electrons. The van der Waals surface area contributed by atoms with Gasteiger partial charge < -0.3 is 10.4 Å². The van der Waals surface area contributed by atoms with Gasteiger partial charge in [0.2, 0.25) is 0 Å². The molecular formula is C11H14N2O2S. The quantitative estimate of drug-likeness (QED) is 0.844. The van der Waals surface area contributed by atoms with E-state index in [9.17, 15) is 4.79 Å². The van der Waals surface area contributed by atoms with E-state index in [-0.39, 0.29) is 0 Å². The molecule has 16 heavy (non-hydrogen) atoms. The van der Waals surface area contributed by atoms with Crippen molar-refractivity contribution in [1.82, 2.24) is 4.98 Å². The molecule has 1 aliphatic rings. The Morgan fingerprint density at radius 3 is 2.94 bits per heavy atom. The maximum atomic E-state index is 11.0. The predicted molar refractivity (Wildman–Crippen MR) is 64.6 cm³/mol. The maximum absolute atomic E-state index is 11.0. The molecule has 0 unspecified atom stereocenters. The van der Waals surface area contributed by atoms with Gasteiger partial charge in [-0.1, -0.05) is 6.07 Å². The number of nitrogens with one attached hydrogen (secondary N) is 1. The summed E-state index contributed by atoms with van der Waals surface area (Å²) in [5.74, 6) is 1.67. The van der Waals surface area contributed by atoms with Crippen molar-refractivity contribution in [1.29, 1.82) is 0 Å². The Hall–Kier alpha value is -1.23. The second-order valence-electron chi connectivity index (χ2n) is 4.35. The minimum atomic E-state index is -0.993. The van der Waals surface area contributed by atoms with Gasteiger partial charge in [-0.3, -0.25) is 0 Å². The van der Waals surface area contributed by atoms with E-state index >= 15 is 0 Å². The molecule has 0 aromatic carbocycles. The van der Waals surface area contributed by atoms with Gasteiger partial charge in [-0.05, 0) is 25.5 Å². The van der Waals surface area contributed by atoms with Gasteiger partial charge in [0.1, 0.15) is 11.4 Å². The molecule has 0 saturated carbocycles. The number of fused-ring (bicyclic) bond motifs is 1. The van der Waals surface area contributed by atoms with E-state index in [2.05, 4.69) is 10.3 Å². The van der Waals surface area contributed by atoms with E-state index in [4.69, 9.17) is 5.11 Å². The summed E-state index contributed by atoms with van der Waals surface area (Å²) < 4.78 is 0. The van der Waals surface area contributed by atoms with Gasteiger partial charge in [-0.15, -0.1) is 0 Å². The number of nitrogens with zero attached hydrogens (tertiary/aromatic N) is 1. The highest BCUT2D eigenvalue weighted by atomic mass is 32.2. The van der Waals surface area contributed by atoms with E-state index < -0.39 is 11.5 Å². The molecule has 2 rings (SSSR count). The minimum Gasteiger partial charge on any atom is -0.480 e. The summed E-state index contributed by atoms with van der Waals surface area (Å²) in [5, 5.41) is 11.9. The van der Waals surface area contributed by atoms with Crippen LogP contribution in [0.3, 0.4) is 0 Å². The van der Waals surface area contributed by atoms with Crippen molar-refractivity contribution in [2.75, 3.05) is 5.32 Å². The first-order valence-corrected chi connectivity index (χ1v) is 6.22. The Labute approximate surface area is 98.5 Å². The molecule has 5 heteroatoms. The standard InChI is InChI=1S/C11H14N2O2S/c1-11(2,10(14)15)13-9-4-3-7-5-16-6-8(7)12-9/h3-4H,5-6H2,1-2H3,(H,12,13)(H,14,15). The zero-order valence-corrected chi connectivity index (χ0v) is 10.1. The molecule has 1 aliphatic heterocycles. The zero-order valence-electron chi connectivity index (χ0n) is 9.28. The largest absolute Gasteiger partial charge is 0.480 e. The van der Waals surface area contributed by atoms with Gasteiger partial charge in [0.25, 0.3) is 0 Å². The molecule has 4 nitrogen and oxygen atoms in total. The number of pyridine rings is 1. The Morgan fingerprint density at radius 1 is 1.50 bits per heavy atom. The van der Waals surface area contributed by atoms with E-state index in [1.165, 1.54) is 5.56 Å². The highest BCUT2D eigenvalue weighted by Gasteiger charge is 2.27. The van der Waals surface area contributed by atoms with Crippen molar-refractivity contribution in [3.8, 4) is 0 Å². The average Bonchev–Trinajstić information content (AvgIpc) is 2.63. The van der Waals surface area contributed by atoms with Crippen LogP contribution in [0.4, 0.5) is 5.82 Å². The number of hydrogen-bond acceptors (Lipinski definition) is 4. The molecule has 0 bridgehead atoms. The zero-order chi connectivity index (χ0) is 11.8. The van der Waals surface area contributed by atoms with Crippen LogP contribution in [0.15, 0.2) is 12.1 Å². The number of aromatic nitrogens is 1. The lowest BCUT2D eigenvalue weighted by atomic mass is 10.1. The lowest BCUT2D eigenvalue weighted by Crippen LogP contribution is -2.40. The number of aliphatic carboxylic acids is 1. The summed E-state index contributed by atoms with van der Waals surface area (Å²) in [5.41, 5.74) is 1.33. The van der Waals surface area contributed by atoms with Crippen LogP contribution in [0, 0.1) is 0 Å². The van der Waals surface area contributed by atoms with Crippen LogP contribution in [0.25, 0.3) is 0 Å². The number of thioether (sulfide) groups is 1. The number of carbonyl (C=O) groups is 1. The van der Waals surface area contributed by atoms with Crippen molar-refractivity contribution in [3.63, 3.8) is 0 Å². The molecule has 0 aliphatic carbocycles. The Bertz CT molecular complexity index is 432. The SMILES string of the molecule is CC(C)(Nc1ccc2c(n1)CSC2)C(=O)O. The van der Waals surface area contributed by atoms with E-state index in [1.54, 1.807) is 13.8 Å². The molecule has 0 spiro atoms. The third-order valence-electron chi connectivity index (χ3n) is 2.54. The van der Waals surface area contributed by atoms with Crippen LogP contribution in [-0.2, 0) is 16.3 Å². The second kappa shape index (κ2) is 3.97. The second-order valence-corrected chi connectivity index (χ2v) is 5.34. The first-order chi connectivity index (χ1) is 7.49. The summed E-state index contributed by atoms with van der Waals surface area (Å²) in [4.78, 5) is 15.4. The van der Waals surface area contributed by atoms with Gasteiger partial charge in [0.15, 0.2) is 0 Å². The van der Waals surface area contributed by atoms with Crippen molar-refractivity contribution in [2.45, 2.75) is 30.9 Å². The number of anilines is 1. The molecule has 0 fully saturated rings. The number of carboxylic acids is 1. The summed E-state index contributed by atoms with van der Waals surface area (Å²) in [6.45, 7) is 3.25. The van der Waals surface area contributed by atoms with Crippen LogP contribution in [-0.4, -0.2) is 21.6 Å². The smallest absolute Gasteiger partial charge is 0.328 e. The molecule has 0 atom stereocenters. The number of carboxylic acid groups (broad SMARTS) is 1. The summed E-state index contributed by atoms with van der Waals surface area (Å²) in [7, 11) is 0. The monoisotopic (exact) mass is 238 g/mol. The van der Waals surface area contributed by atoms with Crippen molar-refractivity contribution in [3.05, 3.63) is 23.4 Å². The van der Waals surface area contributed by atoms with E-state index in [1.807, 2.05) is 23.9 Å². The summed E-state index contributed by atoms with van der Waals surface area (Å²) in [6, 6.07) is 3.86. The molecule has 2 heterocycles. The number of rotatable bonds is 3. The Kier molecular flexibility index (Phi) is 2.80. The fraction of sp³-hybridized carbons (Fsp3) is 0.455. The van der Waals surface area contributed by atoms with Crippen LogP contribution in [0.2, 0.25) is 0 Å². The molecular weight excluding hydrogens is 224 g/mol. The average molecular weight is 238 g/mol. The molecule has 1 aromatic rings. The van der Waals surface area contributed by atoms with E-state index in [0.717, 1.165) is 17.2 Å². The predicted octanol–water partition coefficient (Wildman–Crippen LogP) is 2.10. The number of hydrogen-bond donors (Lipinski definition) is 2. The highest BCUT2D eigenvalue weighted by molar-refractivity contribution is 7.98. The van der Waals surface area contributed by atoms with Crippen LogP contribution < -0.4 is 5.32 Å². The fourth-order valence-corrected chi connectivity index (χ4v) is 2.52. The maximum Gasteiger partial charge on any atom is 0.328 e. The molecule has 1 aromatic heterocycles. The molecule has 0 radical (unpaired) electrons. The van der Waals surface area contributed by atoms with Gasteiger partial charge in [-0.25, -0.2) is 9.78 Å². The summed E-state index contributed by atoms with van der Waals surface area (Å²) >= 11 is 1.83. The van der Waals surface area contributed by atoms with Gasteiger partial charge in [0, 0.05) is 11.5 Å². The lowest BCUT2D eigenvalue weighted by Gasteiger charge is -2.21. The summed E-state index contributed by atoms with van der Waals surface area (Å²) in [6.07, 6.45) is 0. The minimum absolute atomic E-state index is 0.633. The molecule has 0 amide bonds. The van der Waals surface area contributed by atoms with E-state index in [0.29, 0.717) is 5.82 Å². The normalized spacial score (nSPS) is 14.6. The van der Waals surface area contributed by atoms with Crippen LogP contribution in [0.5, 0.6) is 0 Å². The Balaban J connectivity index is 2.20. The Morgan fingerprint density at radius 2 is 2.25 bits per heavy atom. The van der Waals surface area contributed by atoms with Crippen LogP contribution in [0.1, 0.15) is 25.1 Å². The fourth-order valence-electron chi connectivity index (χ4n) is 1.49. The van der Waals surface area contributed by atoms with Gasteiger partial charge >= 0.3 is 5.97 Å². The first-order valence-electron chi connectivity index (χ1n) is 5.07. The van der Waals surface area contributed by atoms with Crippen molar-refractivity contribution in [2.24, 2.45) is 0 Å². The molecule has 2 N–H and O–H groups in total. The third-order valence-corrected chi connectivity index (χ3v) is 3.53. The highest BCUT2D eigenvalue weighted by Crippen LogP contribution is 2.29. The topological polar surface area (TPSA) is 62.2 Å². The lowest BCUT2D eigenvalue weighted by molar-refractivity contribution is -0.141. The van der Waals surface area contributed by atoms with Crippen LogP contribution >= 0.6 is 11.8 Å². The third kappa shape index (κ3) is 2.14.